The number of carbonyl (C=O) groups is 1. The van der Waals surface area contributed by atoms with Crippen LogP contribution in [-0.2, 0) is 9.53 Å². The van der Waals surface area contributed by atoms with Gasteiger partial charge in [0.1, 0.15) is 6.04 Å². The third-order valence-electron chi connectivity index (χ3n) is 6.66. The highest BCUT2D eigenvalue weighted by molar-refractivity contribution is 7.10. The summed E-state index contributed by atoms with van der Waals surface area (Å²) in [5.41, 5.74) is 5.89. The summed E-state index contributed by atoms with van der Waals surface area (Å²) in [4.78, 5) is 36.8. The molecule has 0 aliphatic carbocycles. The van der Waals surface area contributed by atoms with E-state index < -0.39 is 12.0 Å². The third-order valence-corrected chi connectivity index (χ3v) is 8.57. The summed E-state index contributed by atoms with van der Waals surface area (Å²) in [7, 11) is 0. The number of hydrogen-bond donors (Lipinski definition) is 1. The van der Waals surface area contributed by atoms with Crippen molar-refractivity contribution in [3.63, 3.8) is 0 Å². The van der Waals surface area contributed by atoms with E-state index in [4.69, 9.17) is 9.73 Å². The Balaban J connectivity index is 1.61. The van der Waals surface area contributed by atoms with E-state index in [0.717, 1.165) is 38.2 Å². The molecular formula is C30H25N3O3S2. The van der Waals surface area contributed by atoms with Crippen molar-refractivity contribution in [3.05, 3.63) is 113 Å². The molecule has 0 saturated heterocycles. The van der Waals surface area contributed by atoms with Crippen molar-refractivity contribution in [2.45, 2.75) is 26.8 Å². The molecule has 0 unspecified atom stereocenters. The summed E-state index contributed by atoms with van der Waals surface area (Å²) in [5, 5.41) is 3.00. The summed E-state index contributed by atoms with van der Waals surface area (Å²) >= 11 is 2.85. The molecule has 8 heteroatoms. The molecule has 0 amide bonds. The number of ether oxygens (including phenoxy) is 1. The molecule has 0 saturated carbocycles. The minimum absolute atomic E-state index is 0.178. The lowest BCUT2D eigenvalue weighted by Gasteiger charge is -2.23. The first-order valence-corrected chi connectivity index (χ1v) is 14.1. The molecule has 4 heterocycles. The number of H-pyrrole nitrogens is 1. The van der Waals surface area contributed by atoms with E-state index in [1.165, 1.54) is 22.7 Å². The molecule has 6 nitrogen and oxygen atoms in total. The summed E-state index contributed by atoms with van der Waals surface area (Å²) in [5.74, 6) is -0.445. The highest BCUT2D eigenvalue weighted by Gasteiger charge is 2.34. The highest BCUT2D eigenvalue weighted by Crippen LogP contribution is 2.34. The second-order valence-corrected chi connectivity index (χ2v) is 11.1. The van der Waals surface area contributed by atoms with E-state index in [1.807, 2.05) is 41.8 Å². The summed E-state index contributed by atoms with van der Waals surface area (Å²) in [6.07, 6.45) is 1.96. The van der Waals surface area contributed by atoms with Crippen LogP contribution in [0.3, 0.4) is 0 Å². The lowest BCUT2D eigenvalue weighted by molar-refractivity contribution is -0.139. The van der Waals surface area contributed by atoms with Crippen LogP contribution < -0.4 is 14.9 Å². The van der Waals surface area contributed by atoms with Gasteiger partial charge in [0.15, 0.2) is 4.80 Å². The molecule has 0 bridgehead atoms. The van der Waals surface area contributed by atoms with Gasteiger partial charge in [-0.3, -0.25) is 9.36 Å². The fraction of sp³-hybridized carbons (Fsp3) is 0.167. The monoisotopic (exact) mass is 539 g/mol. The molecule has 3 aromatic heterocycles. The zero-order valence-electron chi connectivity index (χ0n) is 21.1. The standard InChI is InChI=1S/C30H25N3O3S2/c1-4-36-29(35)25-18(3)31-30-33(27(25)23-11-8-14-37-23)28(34)24(38-30)16-21-20-15-17(2)12-13-22(20)32-26(21)19-9-6-5-7-10-19/h5-16,27,32H,4H2,1-3H3/b24-16-/t27-/m1/s1. The number of benzene rings is 2. The maximum Gasteiger partial charge on any atom is 0.338 e. The number of esters is 1. The number of hydrogen-bond acceptors (Lipinski definition) is 6. The topological polar surface area (TPSA) is 76.4 Å². The van der Waals surface area contributed by atoms with Gasteiger partial charge in [0, 0.05) is 21.3 Å². The number of thiophene rings is 1. The number of aromatic amines is 1. The van der Waals surface area contributed by atoms with E-state index in [1.54, 1.807) is 18.4 Å². The minimum atomic E-state index is -0.578. The van der Waals surface area contributed by atoms with E-state index >= 15 is 0 Å². The molecule has 190 valence electrons. The van der Waals surface area contributed by atoms with E-state index in [2.05, 4.69) is 42.2 Å². The van der Waals surface area contributed by atoms with Gasteiger partial charge in [0.25, 0.3) is 5.56 Å². The third kappa shape index (κ3) is 4.06. The second-order valence-electron chi connectivity index (χ2n) is 9.15. The quantitative estimate of drug-likeness (QED) is 0.307. The van der Waals surface area contributed by atoms with Gasteiger partial charge < -0.3 is 9.72 Å². The Hall–Kier alpha value is -4.01. The molecule has 1 aliphatic heterocycles. The smallest absolute Gasteiger partial charge is 0.338 e. The van der Waals surface area contributed by atoms with Gasteiger partial charge in [-0.05, 0) is 56.0 Å². The molecule has 1 atom stereocenters. The predicted molar refractivity (Wildman–Crippen MR) is 153 cm³/mol. The van der Waals surface area contributed by atoms with Gasteiger partial charge in [-0.1, -0.05) is 59.4 Å². The molecular weight excluding hydrogens is 514 g/mol. The number of rotatable bonds is 5. The first kappa shape index (κ1) is 24.3. The van der Waals surface area contributed by atoms with Crippen LogP contribution in [0.1, 0.15) is 35.9 Å². The minimum Gasteiger partial charge on any atom is -0.463 e. The first-order valence-electron chi connectivity index (χ1n) is 12.4. The van der Waals surface area contributed by atoms with Gasteiger partial charge >= 0.3 is 5.97 Å². The number of nitrogens with zero attached hydrogens (tertiary/aromatic N) is 2. The average molecular weight is 540 g/mol. The Bertz CT molecular complexity index is 1890. The van der Waals surface area contributed by atoms with Crippen LogP contribution in [0.5, 0.6) is 0 Å². The van der Waals surface area contributed by atoms with Crippen molar-refractivity contribution < 1.29 is 9.53 Å². The van der Waals surface area contributed by atoms with E-state index in [-0.39, 0.29) is 12.2 Å². The molecule has 1 aliphatic rings. The molecule has 5 aromatic rings. The maximum absolute atomic E-state index is 14.0. The van der Waals surface area contributed by atoms with Gasteiger partial charge in [0.05, 0.1) is 28.1 Å². The van der Waals surface area contributed by atoms with E-state index in [0.29, 0.717) is 20.6 Å². The van der Waals surface area contributed by atoms with Crippen molar-refractivity contribution in [1.29, 1.82) is 0 Å². The maximum atomic E-state index is 14.0. The van der Waals surface area contributed by atoms with E-state index in [9.17, 15) is 9.59 Å². The highest BCUT2D eigenvalue weighted by atomic mass is 32.1. The molecule has 1 N–H and O–H groups in total. The van der Waals surface area contributed by atoms with Crippen LogP contribution in [0.25, 0.3) is 28.2 Å². The fourth-order valence-corrected chi connectivity index (χ4v) is 6.80. The Kier molecular flexibility index (Phi) is 6.21. The van der Waals surface area contributed by atoms with Crippen molar-refractivity contribution in [1.82, 2.24) is 9.55 Å². The van der Waals surface area contributed by atoms with Crippen LogP contribution in [0.2, 0.25) is 0 Å². The van der Waals surface area contributed by atoms with Crippen LogP contribution in [0.4, 0.5) is 0 Å². The normalized spacial score (nSPS) is 15.6. The largest absolute Gasteiger partial charge is 0.463 e. The van der Waals surface area contributed by atoms with Crippen molar-refractivity contribution >= 4 is 45.6 Å². The summed E-state index contributed by atoms with van der Waals surface area (Å²) in [6.45, 7) is 5.89. The average Bonchev–Trinajstić information content (AvgIpc) is 3.63. The molecule has 2 aromatic carbocycles. The molecule has 0 fully saturated rings. The molecule has 6 rings (SSSR count). The number of fused-ring (bicyclic) bond motifs is 2. The zero-order chi connectivity index (χ0) is 26.4. The lowest BCUT2D eigenvalue weighted by Crippen LogP contribution is -2.39. The van der Waals surface area contributed by atoms with Gasteiger partial charge in [-0.25, -0.2) is 9.79 Å². The summed E-state index contributed by atoms with van der Waals surface area (Å²) in [6, 6.07) is 19.7. The number of allylic oxidation sites excluding steroid dienone is 1. The van der Waals surface area contributed by atoms with Crippen LogP contribution in [0, 0.1) is 6.92 Å². The molecule has 38 heavy (non-hydrogen) atoms. The van der Waals surface area contributed by atoms with Crippen molar-refractivity contribution in [2.75, 3.05) is 6.61 Å². The fourth-order valence-electron chi connectivity index (χ4n) is 4.95. The Morgan fingerprint density at radius 1 is 1.13 bits per heavy atom. The number of aryl methyl sites for hydroxylation is 1. The number of nitrogens with one attached hydrogen (secondary N) is 1. The van der Waals surface area contributed by atoms with Gasteiger partial charge in [0.2, 0.25) is 0 Å². The lowest BCUT2D eigenvalue weighted by atomic mass is 10.0. The number of aromatic nitrogens is 2. The SMILES string of the molecule is CCOC(=O)C1=C(C)N=c2s/c(=C\c3c(-c4ccccc4)[nH]c4ccc(C)cc34)c(=O)n2[C@@H]1c1cccs1. The Morgan fingerprint density at radius 3 is 2.68 bits per heavy atom. The van der Waals surface area contributed by atoms with Crippen LogP contribution in [-0.4, -0.2) is 22.1 Å². The second kappa shape index (κ2) is 9.70. The van der Waals surface area contributed by atoms with Gasteiger partial charge in [-0.2, -0.15) is 0 Å². The first-order chi connectivity index (χ1) is 18.5. The summed E-state index contributed by atoms with van der Waals surface area (Å²) < 4.78 is 7.58. The Morgan fingerprint density at radius 2 is 1.95 bits per heavy atom. The van der Waals surface area contributed by atoms with Crippen LogP contribution in [0.15, 0.2) is 87.1 Å². The van der Waals surface area contributed by atoms with Crippen molar-refractivity contribution in [2.24, 2.45) is 4.99 Å². The zero-order valence-corrected chi connectivity index (χ0v) is 22.8. The molecule has 0 radical (unpaired) electrons. The Labute approximate surface area is 226 Å². The molecule has 0 spiro atoms. The van der Waals surface area contributed by atoms with Crippen molar-refractivity contribution in [3.8, 4) is 11.3 Å². The van der Waals surface area contributed by atoms with Crippen LogP contribution >= 0.6 is 22.7 Å². The predicted octanol–water partition coefficient (Wildman–Crippen LogP) is 5.32. The number of carbonyl (C=O) groups excluding carboxylic acids is 1. The number of thiazole rings is 1. The van der Waals surface area contributed by atoms with Gasteiger partial charge in [-0.15, -0.1) is 11.3 Å².